The van der Waals surface area contributed by atoms with Gasteiger partial charge in [-0.3, -0.25) is 4.90 Å². The van der Waals surface area contributed by atoms with Gasteiger partial charge in [0.15, 0.2) is 0 Å². The first-order valence-corrected chi connectivity index (χ1v) is 9.42. The fourth-order valence-electron chi connectivity index (χ4n) is 3.45. The van der Waals surface area contributed by atoms with Crippen LogP contribution >= 0.6 is 0 Å². The molecule has 1 aliphatic heterocycles. The monoisotopic (exact) mass is 342 g/mol. The zero-order valence-corrected chi connectivity index (χ0v) is 15.2. The fraction of sp³-hybridized carbons (Fsp3) is 0.550. The van der Waals surface area contributed by atoms with Crippen molar-refractivity contribution >= 4 is 16.7 Å². The highest BCUT2D eigenvalue weighted by molar-refractivity contribution is 5.81. The number of anilines is 1. The molecule has 5 nitrogen and oxygen atoms in total. The molecule has 0 aliphatic carbocycles. The Morgan fingerprint density at radius 1 is 1.04 bits per heavy atom. The van der Waals surface area contributed by atoms with E-state index in [9.17, 15) is 0 Å². The molecule has 1 aromatic heterocycles. The first-order valence-electron chi connectivity index (χ1n) is 9.42. The summed E-state index contributed by atoms with van der Waals surface area (Å²) in [5, 5.41) is 13.7. The number of nitrogens with one attached hydrogen (secondary N) is 1. The van der Waals surface area contributed by atoms with E-state index in [1.807, 2.05) is 6.07 Å². The summed E-state index contributed by atoms with van der Waals surface area (Å²) in [7, 11) is 0. The summed E-state index contributed by atoms with van der Waals surface area (Å²) in [6, 6.07) is 10.5. The normalized spacial score (nSPS) is 16.4. The number of hydrogen-bond acceptors (Lipinski definition) is 5. The van der Waals surface area contributed by atoms with Crippen LogP contribution in [0.2, 0.25) is 0 Å². The van der Waals surface area contributed by atoms with Crippen LogP contribution in [0.4, 0.5) is 5.82 Å². The number of aryl methyl sites for hydroxylation is 1. The van der Waals surface area contributed by atoms with Crippen molar-refractivity contribution in [3.8, 4) is 0 Å². The van der Waals surface area contributed by atoms with E-state index < -0.39 is 0 Å². The van der Waals surface area contributed by atoms with Gasteiger partial charge in [-0.2, -0.15) is 0 Å². The Morgan fingerprint density at radius 2 is 1.76 bits per heavy atom. The van der Waals surface area contributed by atoms with Gasteiger partial charge >= 0.3 is 0 Å². The molecular formula is C20H30N4O. The van der Waals surface area contributed by atoms with Gasteiger partial charge in [0.25, 0.3) is 0 Å². The molecule has 0 amide bonds. The highest BCUT2D eigenvalue weighted by Gasteiger charge is 2.15. The average molecular weight is 342 g/mol. The van der Waals surface area contributed by atoms with E-state index in [-0.39, 0.29) is 6.61 Å². The molecular weight excluding hydrogens is 312 g/mol. The van der Waals surface area contributed by atoms with Gasteiger partial charge in [-0.25, -0.2) is 4.98 Å². The average Bonchev–Trinajstić information content (AvgIpc) is 2.63. The number of aromatic nitrogens is 1. The summed E-state index contributed by atoms with van der Waals surface area (Å²) in [6.07, 6.45) is 2.37. The third-order valence-corrected chi connectivity index (χ3v) is 4.99. The molecule has 25 heavy (non-hydrogen) atoms. The summed E-state index contributed by atoms with van der Waals surface area (Å²) >= 11 is 0. The molecule has 1 fully saturated rings. The number of benzene rings is 1. The van der Waals surface area contributed by atoms with E-state index >= 15 is 0 Å². The molecule has 0 bridgehead atoms. The molecule has 0 radical (unpaired) electrons. The highest BCUT2D eigenvalue weighted by Crippen LogP contribution is 2.19. The summed E-state index contributed by atoms with van der Waals surface area (Å²) in [6.45, 7) is 9.75. The van der Waals surface area contributed by atoms with Crippen molar-refractivity contribution in [2.75, 3.05) is 57.7 Å². The molecule has 136 valence electrons. The highest BCUT2D eigenvalue weighted by atomic mass is 16.3. The first kappa shape index (κ1) is 18.1. The molecule has 2 heterocycles. The Morgan fingerprint density at radius 3 is 2.52 bits per heavy atom. The number of aliphatic hydroxyl groups excluding tert-OH is 1. The molecule has 2 N–H and O–H groups in total. The standard InChI is InChI=1S/C20H30N4O/c1-17-16-18-6-2-3-7-19(18)22-20(17)21-8-4-5-9-23-10-12-24(13-11-23)14-15-25/h2-3,6-7,16,25H,4-5,8-15H2,1H3,(H,21,22). The van der Waals surface area contributed by atoms with Crippen LogP contribution in [0.25, 0.3) is 10.9 Å². The number of hydrogen-bond donors (Lipinski definition) is 2. The second-order valence-electron chi connectivity index (χ2n) is 6.89. The maximum atomic E-state index is 8.99. The van der Waals surface area contributed by atoms with Gasteiger partial charge < -0.3 is 15.3 Å². The summed E-state index contributed by atoms with van der Waals surface area (Å²) < 4.78 is 0. The number of β-amino-alcohol motifs (C(OH)–C–C–N with tert-alkyl or cyclic N) is 1. The molecule has 1 saturated heterocycles. The molecule has 0 unspecified atom stereocenters. The van der Waals surface area contributed by atoms with Gasteiger partial charge in [0.2, 0.25) is 0 Å². The van der Waals surface area contributed by atoms with Gasteiger partial charge in [0.05, 0.1) is 12.1 Å². The van der Waals surface area contributed by atoms with Crippen molar-refractivity contribution in [2.24, 2.45) is 0 Å². The lowest BCUT2D eigenvalue weighted by atomic mass is 10.1. The summed E-state index contributed by atoms with van der Waals surface area (Å²) in [5.74, 6) is 1.01. The van der Waals surface area contributed by atoms with Crippen LogP contribution in [-0.4, -0.2) is 72.3 Å². The van der Waals surface area contributed by atoms with Gasteiger partial charge in [-0.1, -0.05) is 18.2 Å². The lowest BCUT2D eigenvalue weighted by Crippen LogP contribution is -2.47. The van der Waals surface area contributed by atoms with Crippen molar-refractivity contribution in [3.05, 3.63) is 35.9 Å². The maximum absolute atomic E-state index is 8.99. The minimum atomic E-state index is 0.272. The Hall–Kier alpha value is -1.69. The van der Waals surface area contributed by atoms with Crippen LogP contribution in [0, 0.1) is 6.92 Å². The van der Waals surface area contributed by atoms with E-state index in [2.05, 4.69) is 46.3 Å². The maximum Gasteiger partial charge on any atom is 0.129 e. The van der Waals surface area contributed by atoms with Crippen LogP contribution in [0.15, 0.2) is 30.3 Å². The molecule has 3 rings (SSSR count). The molecule has 0 spiro atoms. The zero-order chi connectivity index (χ0) is 17.5. The van der Waals surface area contributed by atoms with Gasteiger partial charge in [-0.15, -0.1) is 0 Å². The number of para-hydroxylation sites is 1. The van der Waals surface area contributed by atoms with Crippen molar-refractivity contribution in [2.45, 2.75) is 19.8 Å². The van der Waals surface area contributed by atoms with E-state index in [4.69, 9.17) is 10.1 Å². The number of rotatable bonds is 8. The number of piperazine rings is 1. The topological polar surface area (TPSA) is 51.6 Å². The number of nitrogens with zero attached hydrogens (tertiary/aromatic N) is 3. The minimum Gasteiger partial charge on any atom is -0.395 e. The van der Waals surface area contributed by atoms with Crippen LogP contribution < -0.4 is 5.32 Å². The second kappa shape index (κ2) is 9.13. The first-order chi connectivity index (χ1) is 12.3. The number of fused-ring (bicyclic) bond motifs is 1. The van der Waals surface area contributed by atoms with E-state index in [0.717, 1.165) is 57.0 Å². The van der Waals surface area contributed by atoms with Gasteiger partial charge in [-0.05, 0) is 44.0 Å². The van der Waals surface area contributed by atoms with E-state index in [1.165, 1.54) is 23.9 Å². The summed E-state index contributed by atoms with van der Waals surface area (Å²) in [4.78, 5) is 9.62. The lowest BCUT2D eigenvalue weighted by Gasteiger charge is -2.34. The Bertz CT molecular complexity index is 668. The van der Waals surface area contributed by atoms with Gasteiger partial charge in [0, 0.05) is 44.7 Å². The van der Waals surface area contributed by atoms with Crippen LogP contribution in [0.5, 0.6) is 0 Å². The molecule has 1 aliphatic rings. The largest absolute Gasteiger partial charge is 0.395 e. The third kappa shape index (κ3) is 5.14. The second-order valence-corrected chi connectivity index (χ2v) is 6.89. The Balaban J connectivity index is 1.37. The summed E-state index contributed by atoms with van der Waals surface area (Å²) in [5.41, 5.74) is 2.26. The Kier molecular flexibility index (Phi) is 6.62. The van der Waals surface area contributed by atoms with Crippen molar-refractivity contribution in [3.63, 3.8) is 0 Å². The molecule has 2 aromatic rings. The predicted octanol–water partition coefficient (Wildman–Crippen LogP) is 2.35. The van der Waals surface area contributed by atoms with Crippen molar-refractivity contribution < 1.29 is 5.11 Å². The number of aliphatic hydroxyl groups is 1. The Labute approximate surface area is 150 Å². The van der Waals surface area contributed by atoms with Gasteiger partial charge in [0.1, 0.15) is 5.82 Å². The molecule has 0 saturated carbocycles. The SMILES string of the molecule is Cc1cc2ccccc2nc1NCCCCN1CCN(CCO)CC1. The van der Waals surface area contributed by atoms with Crippen LogP contribution in [-0.2, 0) is 0 Å². The van der Waals surface area contributed by atoms with E-state index in [0.29, 0.717) is 0 Å². The van der Waals surface area contributed by atoms with Crippen molar-refractivity contribution in [1.29, 1.82) is 0 Å². The van der Waals surface area contributed by atoms with Crippen LogP contribution in [0.1, 0.15) is 18.4 Å². The minimum absolute atomic E-state index is 0.272. The zero-order valence-electron chi connectivity index (χ0n) is 15.2. The lowest BCUT2D eigenvalue weighted by molar-refractivity contribution is 0.112. The number of pyridine rings is 1. The van der Waals surface area contributed by atoms with Crippen LogP contribution in [0.3, 0.4) is 0 Å². The molecule has 1 aromatic carbocycles. The quantitative estimate of drug-likeness (QED) is 0.721. The molecule has 5 heteroatoms. The fourth-order valence-corrected chi connectivity index (χ4v) is 3.45. The predicted molar refractivity (Wildman–Crippen MR) is 104 cm³/mol. The smallest absolute Gasteiger partial charge is 0.129 e. The van der Waals surface area contributed by atoms with Crippen molar-refractivity contribution in [1.82, 2.24) is 14.8 Å². The molecule has 0 atom stereocenters. The van der Waals surface area contributed by atoms with E-state index in [1.54, 1.807) is 0 Å². The number of unbranched alkanes of at least 4 members (excludes halogenated alkanes) is 1. The third-order valence-electron chi connectivity index (χ3n) is 4.99.